The van der Waals surface area contributed by atoms with Gasteiger partial charge in [-0.1, -0.05) is 70.6 Å². The van der Waals surface area contributed by atoms with Gasteiger partial charge in [-0.2, -0.15) is 0 Å². The molecule has 0 aliphatic carbocycles. The van der Waals surface area contributed by atoms with Crippen LogP contribution in [-0.2, 0) is 9.53 Å². The first-order chi connectivity index (χ1) is 14.0. The summed E-state index contributed by atoms with van der Waals surface area (Å²) in [6.07, 6.45) is 17.0. The standard InChI is InChI=1S/C24H44O5/c1-20(25)18-22(27)19-23-15-13-11-9-7-5-3-2-4-6-8-10-12-14-21(26)16-17-24(28)29-23/h16-17,20-23,25-27H,2-15,18-19H2,1H3/t20-,21+,22-,23+/m1/s1. The van der Waals surface area contributed by atoms with Crippen molar-refractivity contribution in [2.75, 3.05) is 0 Å². The first kappa shape index (κ1) is 26.1. The molecule has 4 atom stereocenters. The number of aliphatic hydroxyl groups excluding tert-OH is 3. The van der Waals surface area contributed by atoms with Crippen LogP contribution in [0.15, 0.2) is 12.2 Å². The molecule has 0 unspecified atom stereocenters. The maximum Gasteiger partial charge on any atom is 0.330 e. The highest BCUT2D eigenvalue weighted by Gasteiger charge is 2.19. The van der Waals surface area contributed by atoms with Gasteiger partial charge in [0.1, 0.15) is 6.10 Å². The Bertz CT molecular complexity index is 435. The molecule has 0 bridgehead atoms. The Morgan fingerprint density at radius 1 is 0.897 bits per heavy atom. The maximum absolute atomic E-state index is 12.2. The number of cyclic esters (lactones) is 1. The number of ether oxygens (including phenoxy) is 1. The third-order valence-electron chi connectivity index (χ3n) is 5.66. The van der Waals surface area contributed by atoms with E-state index in [2.05, 4.69) is 0 Å². The van der Waals surface area contributed by atoms with E-state index in [-0.39, 0.29) is 12.5 Å². The smallest absolute Gasteiger partial charge is 0.330 e. The summed E-state index contributed by atoms with van der Waals surface area (Å²) in [7, 11) is 0. The molecule has 0 aromatic rings. The molecule has 5 heteroatoms. The van der Waals surface area contributed by atoms with E-state index in [0.717, 1.165) is 32.1 Å². The van der Waals surface area contributed by atoms with E-state index >= 15 is 0 Å². The lowest BCUT2D eigenvalue weighted by Gasteiger charge is -2.21. The molecular weight excluding hydrogens is 368 g/mol. The molecule has 1 aliphatic heterocycles. The van der Waals surface area contributed by atoms with E-state index < -0.39 is 24.3 Å². The van der Waals surface area contributed by atoms with Crippen molar-refractivity contribution in [2.45, 2.75) is 134 Å². The second kappa shape index (κ2) is 16.8. The molecule has 3 N–H and O–H groups in total. The number of esters is 1. The molecule has 0 aromatic carbocycles. The summed E-state index contributed by atoms with van der Waals surface area (Å²) in [5.74, 6) is -0.465. The minimum atomic E-state index is -0.687. The van der Waals surface area contributed by atoms with Crippen molar-refractivity contribution in [1.29, 1.82) is 0 Å². The van der Waals surface area contributed by atoms with Crippen LogP contribution in [0.4, 0.5) is 0 Å². The molecule has 29 heavy (non-hydrogen) atoms. The predicted octanol–water partition coefficient (Wildman–Crippen LogP) is 4.81. The predicted molar refractivity (Wildman–Crippen MR) is 117 cm³/mol. The summed E-state index contributed by atoms with van der Waals surface area (Å²) in [6, 6.07) is 0. The second-order valence-corrected chi connectivity index (χ2v) is 8.78. The average Bonchev–Trinajstić information content (AvgIpc) is 2.65. The van der Waals surface area contributed by atoms with Crippen LogP contribution in [0.1, 0.15) is 110 Å². The Morgan fingerprint density at radius 2 is 1.38 bits per heavy atom. The van der Waals surface area contributed by atoms with Gasteiger partial charge in [0.15, 0.2) is 0 Å². The Hall–Kier alpha value is -0.910. The van der Waals surface area contributed by atoms with Gasteiger partial charge in [-0.05, 0) is 38.7 Å². The molecule has 0 radical (unpaired) electrons. The molecule has 170 valence electrons. The molecule has 0 saturated heterocycles. The quantitative estimate of drug-likeness (QED) is 0.577. The van der Waals surface area contributed by atoms with Crippen LogP contribution < -0.4 is 0 Å². The van der Waals surface area contributed by atoms with Crippen LogP contribution in [0.25, 0.3) is 0 Å². The zero-order valence-electron chi connectivity index (χ0n) is 18.4. The van der Waals surface area contributed by atoms with Crippen molar-refractivity contribution in [3.8, 4) is 0 Å². The Balaban J connectivity index is 2.56. The molecule has 0 saturated carbocycles. The molecule has 1 rings (SSSR count). The third-order valence-corrected chi connectivity index (χ3v) is 5.66. The molecule has 1 aliphatic rings. The lowest BCUT2D eigenvalue weighted by Crippen LogP contribution is -2.25. The number of rotatable bonds is 4. The highest BCUT2D eigenvalue weighted by atomic mass is 16.5. The Kier molecular flexibility index (Phi) is 15.2. The van der Waals surface area contributed by atoms with E-state index in [9.17, 15) is 20.1 Å². The minimum absolute atomic E-state index is 0.280. The first-order valence-electron chi connectivity index (χ1n) is 11.9. The van der Waals surface area contributed by atoms with Crippen LogP contribution in [0.3, 0.4) is 0 Å². The summed E-state index contributed by atoms with van der Waals surface area (Å²) >= 11 is 0. The van der Waals surface area contributed by atoms with Gasteiger partial charge in [-0.25, -0.2) is 4.79 Å². The SMILES string of the molecule is C[C@@H](O)C[C@@H](O)C[C@@H]1CCCCCCCCCCCCCC[C@H](O)C=CC(=O)O1. The van der Waals surface area contributed by atoms with Gasteiger partial charge in [-0.3, -0.25) is 0 Å². The summed E-state index contributed by atoms with van der Waals surface area (Å²) in [5.41, 5.74) is 0. The summed E-state index contributed by atoms with van der Waals surface area (Å²) in [6.45, 7) is 1.65. The van der Waals surface area contributed by atoms with Crippen molar-refractivity contribution in [1.82, 2.24) is 0 Å². The highest BCUT2D eigenvalue weighted by molar-refractivity contribution is 5.82. The fourth-order valence-electron chi connectivity index (χ4n) is 4.00. The molecular formula is C24H44O5. The average molecular weight is 413 g/mol. The van der Waals surface area contributed by atoms with Gasteiger partial charge in [0.25, 0.3) is 0 Å². The molecule has 0 fully saturated rings. The Labute approximate surface area is 177 Å². The van der Waals surface area contributed by atoms with E-state index in [4.69, 9.17) is 4.74 Å². The summed E-state index contributed by atoms with van der Waals surface area (Å²) in [5, 5.41) is 29.6. The van der Waals surface area contributed by atoms with Gasteiger partial charge in [-0.15, -0.1) is 0 Å². The highest BCUT2D eigenvalue weighted by Crippen LogP contribution is 2.18. The molecule has 0 spiro atoms. The van der Waals surface area contributed by atoms with E-state index in [1.807, 2.05) is 0 Å². The first-order valence-corrected chi connectivity index (χ1v) is 11.9. The molecule has 1 heterocycles. The monoisotopic (exact) mass is 412 g/mol. The van der Waals surface area contributed by atoms with Gasteiger partial charge in [0.2, 0.25) is 0 Å². The number of carbonyl (C=O) groups is 1. The fourth-order valence-corrected chi connectivity index (χ4v) is 4.00. The van der Waals surface area contributed by atoms with Gasteiger partial charge in [0, 0.05) is 12.5 Å². The molecule has 0 aromatic heterocycles. The Morgan fingerprint density at radius 3 is 1.90 bits per heavy atom. The van der Waals surface area contributed by atoms with Gasteiger partial charge >= 0.3 is 5.97 Å². The van der Waals surface area contributed by atoms with Crippen molar-refractivity contribution >= 4 is 5.97 Å². The minimum Gasteiger partial charge on any atom is -0.459 e. The topological polar surface area (TPSA) is 87.0 Å². The van der Waals surface area contributed by atoms with Crippen molar-refractivity contribution in [2.24, 2.45) is 0 Å². The van der Waals surface area contributed by atoms with E-state index in [1.54, 1.807) is 6.92 Å². The number of aliphatic hydroxyl groups is 3. The van der Waals surface area contributed by atoms with Crippen molar-refractivity contribution < 1.29 is 24.9 Å². The fraction of sp³-hybridized carbons (Fsp3) is 0.875. The van der Waals surface area contributed by atoms with Crippen LogP contribution in [0, 0.1) is 0 Å². The number of hydrogen-bond donors (Lipinski definition) is 3. The van der Waals surface area contributed by atoms with Crippen LogP contribution in [-0.4, -0.2) is 45.7 Å². The van der Waals surface area contributed by atoms with E-state index in [1.165, 1.54) is 63.5 Å². The van der Waals surface area contributed by atoms with Gasteiger partial charge < -0.3 is 20.1 Å². The number of hydrogen-bond acceptors (Lipinski definition) is 5. The van der Waals surface area contributed by atoms with Crippen LogP contribution in [0.5, 0.6) is 0 Å². The van der Waals surface area contributed by atoms with Crippen molar-refractivity contribution in [3.05, 3.63) is 12.2 Å². The number of carbonyl (C=O) groups excluding carboxylic acids is 1. The van der Waals surface area contributed by atoms with Crippen molar-refractivity contribution in [3.63, 3.8) is 0 Å². The normalized spacial score (nSPS) is 27.0. The third kappa shape index (κ3) is 15.6. The van der Waals surface area contributed by atoms with E-state index in [0.29, 0.717) is 12.8 Å². The lowest BCUT2D eigenvalue weighted by atomic mass is 10.00. The van der Waals surface area contributed by atoms with Crippen LogP contribution >= 0.6 is 0 Å². The largest absolute Gasteiger partial charge is 0.459 e. The molecule has 0 amide bonds. The second-order valence-electron chi connectivity index (χ2n) is 8.78. The lowest BCUT2D eigenvalue weighted by molar-refractivity contribution is -0.145. The zero-order valence-corrected chi connectivity index (χ0v) is 18.4. The summed E-state index contributed by atoms with van der Waals surface area (Å²) < 4.78 is 5.55. The molecule has 5 nitrogen and oxygen atoms in total. The van der Waals surface area contributed by atoms with Crippen LogP contribution in [0.2, 0.25) is 0 Å². The summed E-state index contributed by atoms with van der Waals surface area (Å²) in [4.78, 5) is 12.2. The zero-order chi connectivity index (χ0) is 21.3. The van der Waals surface area contributed by atoms with Gasteiger partial charge in [0.05, 0.1) is 18.3 Å². The maximum atomic E-state index is 12.2.